The van der Waals surface area contributed by atoms with E-state index in [2.05, 4.69) is 4.98 Å². The van der Waals surface area contributed by atoms with Crippen LogP contribution < -0.4 is 5.56 Å². The number of para-hydroxylation sites is 1. The van der Waals surface area contributed by atoms with Crippen molar-refractivity contribution >= 4 is 34.2 Å². The quantitative estimate of drug-likeness (QED) is 0.331. The van der Waals surface area contributed by atoms with E-state index in [1.807, 2.05) is 32.0 Å². The predicted octanol–water partition coefficient (Wildman–Crippen LogP) is 4.88. The van der Waals surface area contributed by atoms with Crippen LogP contribution in [0, 0.1) is 13.8 Å². The number of ketones is 2. The highest BCUT2D eigenvalue weighted by atomic mass is 32.2. The molecular weight excluding hydrogens is 398 g/mol. The molecule has 3 rings (SSSR count). The number of aromatic amines is 1. The number of aromatic nitrogens is 3. The van der Waals surface area contributed by atoms with Gasteiger partial charge >= 0.3 is 0 Å². The molecule has 0 saturated heterocycles. The van der Waals surface area contributed by atoms with Crippen LogP contribution in [0.5, 0.6) is 0 Å². The molecule has 2 heterocycles. The minimum atomic E-state index is -0.482. The van der Waals surface area contributed by atoms with Crippen LogP contribution in [0.25, 0.3) is 10.9 Å². The van der Waals surface area contributed by atoms with E-state index in [4.69, 9.17) is 4.98 Å². The zero-order chi connectivity index (χ0) is 22.2. The Bertz CT molecular complexity index is 1190. The van der Waals surface area contributed by atoms with E-state index in [0.29, 0.717) is 38.6 Å². The third-order valence-electron chi connectivity index (χ3n) is 5.49. The van der Waals surface area contributed by atoms with E-state index in [0.717, 1.165) is 6.42 Å². The summed E-state index contributed by atoms with van der Waals surface area (Å²) >= 11 is 1.28. The third kappa shape index (κ3) is 3.86. The number of rotatable bonds is 7. The lowest BCUT2D eigenvalue weighted by atomic mass is 10.0. The summed E-state index contributed by atoms with van der Waals surface area (Å²) in [5.41, 5.74) is 2.90. The summed E-state index contributed by atoms with van der Waals surface area (Å²) in [6.07, 6.45) is 0.771. The van der Waals surface area contributed by atoms with E-state index in [9.17, 15) is 14.4 Å². The van der Waals surface area contributed by atoms with Crippen LogP contribution in [0.3, 0.4) is 0 Å². The normalized spacial score (nSPS) is 13.4. The second-order valence-corrected chi connectivity index (χ2v) is 8.96. The lowest BCUT2D eigenvalue weighted by molar-refractivity contribution is 0.0988. The van der Waals surface area contributed by atoms with E-state index >= 15 is 0 Å². The number of aryl methyl sites for hydroxylation is 1. The Kier molecular flexibility index (Phi) is 6.31. The molecule has 0 aliphatic carbocycles. The summed E-state index contributed by atoms with van der Waals surface area (Å²) in [4.78, 5) is 46.0. The second kappa shape index (κ2) is 8.60. The molecule has 30 heavy (non-hydrogen) atoms. The lowest BCUT2D eigenvalue weighted by Gasteiger charge is -2.20. The molecule has 0 radical (unpaired) electrons. The van der Waals surface area contributed by atoms with Crippen molar-refractivity contribution in [2.75, 3.05) is 0 Å². The van der Waals surface area contributed by atoms with Gasteiger partial charge in [0.25, 0.3) is 5.56 Å². The number of fused-ring (bicyclic) bond motifs is 1. The van der Waals surface area contributed by atoms with Gasteiger partial charge in [-0.2, -0.15) is 0 Å². The van der Waals surface area contributed by atoms with Gasteiger partial charge in [0, 0.05) is 17.3 Å². The fraction of sp³-hybridized carbons (Fsp3) is 0.391. The fourth-order valence-electron chi connectivity index (χ4n) is 3.72. The average molecular weight is 426 g/mol. The molecule has 158 valence electrons. The van der Waals surface area contributed by atoms with Crippen molar-refractivity contribution in [1.82, 2.24) is 14.5 Å². The van der Waals surface area contributed by atoms with E-state index in [1.54, 1.807) is 31.4 Å². The number of benzene rings is 1. The fourth-order valence-corrected chi connectivity index (χ4v) is 4.79. The van der Waals surface area contributed by atoms with Crippen LogP contribution in [-0.4, -0.2) is 31.4 Å². The third-order valence-corrected chi connectivity index (χ3v) is 6.56. The molecule has 0 spiro atoms. The van der Waals surface area contributed by atoms with Gasteiger partial charge in [0.2, 0.25) is 0 Å². The van der Waals surface area contributed by atoms with Crippen LogP contribution in [0.15, 0.2) is 34.2 Å². The second-order valence-electron chi connectivity index (χ2n) is 7.65. The van der Waals surface area contributed by atoms with Crippen LogP contribution in [0.4, 0.5) is 0 Å². The number of carbonyl (C=O) groups is 2. The first-order valence-electron chi connectivity index (χ1n) is 10.1. The Hall–Kier alpha value is -2.67. The first-order chi connectivity index (χ1) is 14.2. The maximum Gasteiger partial charge on any atom is 0.262 e. The summed E-state index contributed by atoms with van der Waals surface area (Å²) in [5, 5.41) is 0.620. The van der Waals surface area contributed by atoms with Gasteiger partial charge in [-0.25, -0.2) is 4.98 Å². The van der Waals surface area contributed by atoms with Crippen LogP contribution >= 0.6 is 11.8 Å². The molecule has 2 atom stereocenters. The summed E-state index contributed by atoms with van der Waals surface area (Å²) in [6.45, 7) is 10.9. The molecule has 6 nitrogen and oxygen atoms in total. The predicted molar refractivity (Wildman–Crippen MR) is 121 cm³/mol. The molecule has 0 unspecified atom stereocenters. The van der Waals surface area contributed by atoms with Gasteiger partial charge in [0.15, 0.2) is 16.7 Å². The minimum Gasteiger partial charge on any atom is -0.355 e. The van der Waals surface area contributed by atoms with Gasteiger partial charge in [0.05, 0.1) is 21.8 Å². The van der Waals surface area contributed by atoms with Crippen molar-refractivity contribution in [3.63, 3.8) is 0 Å². The highest BCUT2D eigenvalue weighted by Gasteiger charge is 2.26. The van der Waals surface area contributed by atoms with Gasteiger partial charge in [0.1, 0.15) is 0 Å². The molecule has 0 saturated carbocycles. The highest BCUT2D eigenvalue weighted by molar-refractivity contribution is 8.00. The lowest BCUT2D eigenvalue weighted by Crippen LogP contribution is -2.27. The highest BCUT2D eigenvalue weighted by Crippen LogP contribution is 2.29. The molecule has 3 aromatic rings. The number of thioether (sulfide) groups is 1. The van der Waals surface area contributed by atoms with Gasteiger partial charge in [-0.1, -0.05) is 30.8 Å². The van der Waals surface area contributed by atoms with Crippen molar-refractivity contribution in [1.29, 1.82) is 0 Å². The molecule has 0 amide bonds. The zero-order valence-electron chi connectivity index (χ0n) is 18.2. The molecule has 7 heteroatoms. The Morgan fingerprint density at radius 3 is 2.47 bits per heavy atom. The van der Waals surface area contributed by atoms with Gasteiger partial charge in [-0.05, 0) is 58.7 Å². The number of H-pyrrole nitrogens is 1. The summed E-state index contributed by atoms with van der Waals surface area (Å²) in [5.74, 6) is -0.186. The molecular formula is C23H27N3O3S. The molecule has 0 aliphatic rings. The van der Waals surface area contributed by atoms with Gasteiger partial charge in [-0.15, -0.1) is 0 Å². The monoisotopic (exact) mass is 425 g/mol. The number of nitrogens with one attached hydrogen (secondary N) is 1. The summed E-state index contributed by atoms with van der Waals surface area (Å²) in [7, 11) is 0. The first-order valence-corrected chi connectivity index (χ1v) is 11.0. The average Bonchev–Trinajstić information content (AvgIpc) is 3.01. The topological polar surface area (TPSA) is 84.8 Å². The number of hydrogen-bond donors (Lipinski definition) is 1. The smallest absolute Gasteiger partial charge is 0.262 e. The Balaban J connectivity index is 2.03. The summed E-state index contributed by atoms with van der Waals surface area (Å²) in [6, 6.07) is 7.22. The Morgan fingerprint density at radius 1 is 1.20 bits per heavy atom. The SMILES string of the molecule is CC[C@@H](C)n1c(S[C@@H](C)C(=O)c2[nH]c(C)c(C(C)=O)c2C)nc2ccccc2c1=O. The number of Topliss-reactive ketones (excluding diaryl/α,β-unsaturated/α-hetero) is 2. The number of nitrogens with zero attached hydrogens (tertiary/aromatic N) is 2. The molecule has 1 N–H and O–H groups in total. The summed E-state index contributed by atoms with van der Waals surface area (Å²) < 4.78 is 1.69. The van der Waals surface area contributed by atoms with Crippen molar-refractivity contribution in [2.24, 2.45) is 0 Å². The van der Waals surface area contributed by atoms with E-state index in [-0.39, 0.29) is 23.2 Å². The van der Waals surface area contributed by atoms with Gasteiger partial charge < -0.3 is 4.98 Å². The largest absolute Gasteiger partial charge is 0.355 e. The van der Waals surface area contributed by atoms with Crippen LogP contribution in [0.2, 0.25) is 0 Å². The molecule has 0 bridgehead atoms. The Labute approximate surface area is 180 Å². The molecule has 0 fully saturated rings. The molecule has 1 aromatic carbocycles. The molecule has 0 aliphatic heterocycles. The zero-order valence-corrected chi connectivity index (χ0v) is 19.0. The maximum atomic E-state index is 13.2. The van der Waals surface area contributed by atoms with E-state index in [1.165, 1.54) is 18.7 Å². The molecule has 2 aromatic heterocycles. The van der Waals surface area contributed by atoms with Crippen LogP contribution in [0.1, 0.15) is 72.3 Å². The number of hydrogen-bond acceptors (Lipinski definition) is 5. The Morgan fingerprint density at radius 2 is 1.87 bits per heavy atom. The minimum absolute atomic E-state index is 0.0433. The number of carbonyl (C=O) groups excluding carboxylic acids is 2. The maximum absolute atomic E-state index is 13.2. The van der Waals surface area contributed by atoms with Crippen molar-refractivity contribution in [3.05, 3.63) is 57.1 Å². The van der Waals surface area contributed by atoms with Crippen molar-refractivity contribution < 1.29 is 9.59 Å². The van der Waals surface area contributed by atoms with Crippen LogP contribution in [-0.2, 0) is 0 Å². The first kappa shape index (κ1) is 22.0. The van der Waals surface area contributed by atoms with Gasteiger partial charge in [-0.3, -0.25) is 19.0 Å². The standard InChI is InChI=1S/C23H27N3O3S/c1-7-12(2)26-22(29)17-10-8-9-11-18(17)25-23(26)30-16(6)21(28)20-13(3)19(15(5)27)14(4)24-20/h8-12,16,24H,7H2,1-6H3/t12-,16+/m1/s1. The van der Waals surface area contributed by atoms with Crippen molar-refractivity contribution in [3.8, 4) is 0 Å². The van der Waals surface area contributed by atoms with E-state index < -0.39 is 5.25 Å². The van der Waals surface area contributed by atoms with Crippen molar-refractivity contribution in [2.45, 2.75) is 64.4 Å².